The molecule has 3 rings (SSSR count). The van der Waals surface area contributed by atoms with Crippen LogP contribution in [0.3, 0.4) is 0 Å². The third kappa shape index (κ3) is 2.71. The number of aromatic nitrogens is 1. The Kier molecular flexibility index (Phi) is 3.26. The van der Waals surface area contributed by atoms with E-state index in [2.05, 4.69) is 5.16 Å². The van der Waals surface area contributed by atoms with Gasteiger partial charge in [0.1, 0.15) is 11.6 Å². The first kappa shape index (κ1) is 12.8. The summed E-state index contributed by atoms with van der Waals surface area (Å²) in [5, 5.41) is 3.78. The van der Waals surface area contributed by atoms with Crippen LogP contribution in [-0.2, 0) is 6.54 Å². The van der Waals surface area contributed by atoms with Crippen molar-refractivity contribution in [2.45, 2.75) is 32.4 Å². The molecule has 1 fully saturated rings. The van der Waals surface area contributed by atoms with E-state index < -0.39 is 0 Å². The van der Waals surface area contributed by atoms with Crippen molar-refractivity contribution in [3.05, 3.63) is 53.2 Å². The Labute approximate surface area is 116 Å². The van der Waals surface area contributed by atoms with Gasteiger partial charge in [-0.25, -0.2) is 4.39 Å². The summed E-state index contributed by atoms with van der Waals surface area (Å²) < 4.78 is 17.9. The van der Waals surface area contributed by atoms with Crippen LogP contribution in [0.15, 0.2) is 34.9 Å². The lowest BCUT2D eigenvalue weighted by molar-refractivity contribution is 0.0719. The van der Waals surface area contributed by atoms with Crippen molar-refractivity contribution >= 4 is 5.91 Å². The van der Waals surface area contributed by atoms with E-state index in [4.69, 9.17) is 4.52 Å². The lowest BCUT2D eigenvalue weighted by Crippen LogP contribution is -2.32. The lowest BCUT2D eigenvalue weighted by atomic mass is 10.2. The van der Waals surface area contributed by atoms with E-state index in [0.717, 1.165) is 18.4 Å². The predicted molar refractivity (Wildman–Crippen MR) is 70.5 cm³/mol. The first-order valence-corrected chi connectivity index (χ1v) is 6.62. The molecule has 1 heterocycles. The fraction of sp³-hybridized carbons (Fsp3) is 0.333. The molecule has 0 atom stereocenters. The van der Waals surface area contributed by atoms with E-state index in [-0.39, 0.29) is 17.8 Å². The Morgan fingerprint density at radius 3 is 2.65 bits per heavy atom. The molecule has 1 aromatic carbocycles. The van der Waals surface area contributed by atoms with Gasteiger partial charge in [0.25, 0.3) is 5.91 Å². The zero-order valence-corrected chi connectivity index (χ0v) is 11.2. The highest BCUT2D eigenvalue weighted by Gasteiger charge is 2.34. The molecule has 4 nitrogen and oxygen atoms in total. The maximum absolute atomic E-state index is 12.9. The normalized spacial score (nSPS) is 14.3. The van der Waals surface area contributed by atoms with Gasteiger partial charge in [-0.2, -0.15) is 0 Å². The molecule has 1 aliphatic carbocycles. The summed E-state index contributed by atoms with van der Waals surface area (Å²) in [6.45, 7) is 2.22. The van der Waals surface area contributed by atoms with Crippen LogP contribution >= 0.6 is 0 Å². The maximum atomic E-state index is 12.9. The highest BCUT2D eigenvalue weighted by atomic mass is 19.1. The van der Waals surface area contributed by atoms with Gasteiger partial charge < -0.3 is 9.42 Å². The minimum atomic E-state index is -0.273. The molecule has 0 saturated heterocycles. The summed E-state index contributed by atoms with van der Waals surface area (Å²) in [5.41, 5.74) is 1.24. The second-order valence-electron chi connectivity index (χ2n) is 5.11. The number of hydrogen-bond donors (Lipinski definition) is 0. The number of carbonyl (C=O) groups excluding carboxylic acids is 1. The standard InChI is InChI=1S/C15H15FN2O2/c1-10-8-14(17-20-10)15(19)18(13-6-7-13)9-11-2-4-12(16)5-3-11/h2-5,8,13H,6-7,9H2,1H3. The first-order chi connectivity index (χ1) is 9.63. The second-order valence-corrected chi connectivity index (χ2v) is 5.11. The smallest absolute Gasteiger partial charge is 0.276 e. The Morgan fingerprint density at radius 1 is 1.40 bits per heavy atom. The molecule has 0 bridgehead atoms. The summed E-state index contributed by atoms with van der Waals surface area (Å²) in [6.07, 6.45) is 2.01. The molecule has 0 spiro atoms. The average Bonchev–Trinajstić information content (AvgIpc) is 3.19. The van der Waals surface area contributed by atoms with Crippen molar-refractivity contribution in [1.29, 1.82) is 0 Å². The van der Waals surface area contributed by atoms with Crippen molar-refractivity contribution in [1.82, 2.24) is 10.1 Å². The van der Waals surface area contributed by atoms with Gasteiger partial charge in [0.15, 0.2) is 5.69 Å². The van der Waals surface area contributed by atoms with E-state index in [0.29, 0.717) is 18.0 Å². The molecular formula is C15H15FN2O2. The summed E-state index contributed by atoms with van der Waals surface area (Å²) >= 11 is 0. The molecule has 1 aliphatic rings. The largest absolute Gasteiger partial charge is 0.361 e. The molecule has 104 valence electrons. The molecule has 20 heavy (non-hydrogen) atoms. The molecule has 0 aliphatic heterocycles. The molecule has 5 heteroatoms. The predicted octanol–water partition coefficient (Wildman–Crippen LogP) is 2.93. The zero-order valence-electron chi connectivity index (χ0n) is 11.2. The van der Waals surface area contributed by atoms with Crippen molar-refractivity contribution in [3.63, 3.8) is 0 Å². The topological polar surface area (TPSA) is 46.3 Å². The number of hydrogen-bond acceptors (Lipinski definition) is 3. The molecule has 0 unspecified atom stereocenters. The van der Waals surface area contributed by atoms with Crippen LogP contribution in [0.2, 0.25) is 0 Å². The summed E-state index contributed by atoms with van der Waals surface area (Å²) in [6, 6.07) is 8.11. The van der Waals surface area contributed by atoms with Gasteiger partial charge in [-0.15, -0.1) is 0 Å². The fourth-order valence-electron chi connectivity index (χ4n) is 2.15. The van der Waals surface area contributed by atoms with Crippen LogP contribution in [0, 0.1) is 12.7 Å². The highest BCUT2D eigenvalue weighted by molar-refractivity contribution is 5.92. The van der Waals surface area contributed by atoms with E-state index in [1.54, 1.807) is 30.0 Å². The van der Waals surface area contributed by atoms with Crippen molar-refractivity contribution in [2.75, 3.05) is 0 Å². The van der Waals surface area contributed by atoms with Gasteiger partial charge in [-0.3, -0.25) is 4.79 Å². The Hall–Kier alpha value is -2.17. The summed E-state index contributed by atoms with van der Waals surface area (Å²) in [4.78, 5) is 14.2. The van der Waals surface area contributed by atoms with Gasteiger partial charge in [0.2, 0.25) is 0 Å². The minimum absolute atomic E-state index is 0.131. The van der Waals surface area contributed by atoms with Crippen LogP contribution in [-0.4, -0.2) is 22.0 Å². The fourth-order valence-corrected chi connectivity index (χ4v) is 2.15. The SMILES string of the molecule is Cc1cc(C(=O)N(Cc2ccc(F)cc2)C2CC2)no1. The molecule has 1 amide bonds. The second kappa shape index (κ2) is 5.07. The van der Waals surface area contributed by atoms with E-state index in [9.17, 15) is 9.18 Å². The maximum Gasteiger partial charge on any atom is 0.276 e. The molecule has 2 aromatic rings. The van der Waals surface area contributed by atoms with E-state index in [1.165, 1.54) is 12.1 Å². The van der Waals surface area contributed by atoms with Crippen LogP contribution in [0.1, 0.15) is 34.7 Å². The number of halogens is 1. The quantitative estimate of drug-likeness (QED) is 0.861. The van der Waals surface area contributed by atoms with Gasteiger partial charge in [-0.1, -0.05) is 17.3 Å². The average molecular weight is 274 g/mol. The van der Waals surface area contributed by atoms with E-state index >= 15 is 0 Å². The van der Waals surface area contributed by atoms with E-state index in [1.807, 2.05) is 0 Å². The van der Waals surface area contributed by atoms with Crippen molar-refractivity contribution in [2.24, 2.45) is 0 Å². The number of aryl methyl sites for hydroxylation is 1. The summed E-state index contributed by atoms with van der Waals surface area (Å²) in [5.74, 6) is 0.213. The number of rotatable bonds is 4. The number of carbonyl (C=O) groups is 1. The van der Waals surface area contributed by atoms with Gasteiger partial charge >= 0.3 is 0 Å². The zero-order chi connectivity index (χ0) is 14.1. The number of benzene rings is 1. The van der Waals surface area contributed by atoms with Crippen LogP contribution in [0.5, 0.6) is 0 Å². The number of nitrogens with zero attached hydrogens (tertiary/aromatic N) is 2. The van der Waals surface area contributed by atoms with Crippen molar-refractivity contribution in [3.8, 4) is 0 Å². The van der Waals surface area contributed by atoms with Gasteiger partial charge in [0, 0.05) is 18.7 Å². The lowest BCUT2D eigenvalue weighted by Gasteiger charge is -2.21. The molecule has 0 N–H and O–H groups in total. The molecular weight excluding hydrogens is 259 g/mol. The third-order valence-corrected chi connectivity index (χ3v) is 3.36. The van der Waals surface area contributed by atoms with Crippen LogP contribution in [0.25, 0.3) is 0 Å². The minimum Gasteiger partial charge on any atom is -0.361 e. The molecule has 0 radical (unpaired) electrons. The Bertz CT molecular complexity index is 617. The van der Waals surface area contributed by atoms with Gasteiger partial charge in [0.05, 0.1) is 0 Å². The highest BCUT2D eigenvalue weighted by Crippen LogP contribution is 2.29. The van der Waals surface area contributed by atoms with Crippen LogP contribution in [0.4, 0.5) is 4.39 Å². The third-order valence-electron chi connectivity index (χ3n) is 3.36. The first-order valence-electron chi connectivity index (χ1n) is 6.62. The summed E-state index contributed by atoms with van der Waals surface area (Å²) in [7, 11) is 0. The molecule has 1 aromatic heterocycles. The number of amides is 1. The Morgan fingerprint density at radius 2 is 2.10 bits per heavy atom. The monoisotopic (exact) mass is 274 g/mol. The van der Waals surface area contributed by atoms with Crippen molar-refractivity contribution < 1.29 is 13.7 Å². The van der Waals surface area contributed by atoms with Crippen LogP contribution < -0.4 is 0 Å². The Balaban J connectivity index is 1.79. The molecule has 1 saturated carbocycles. The van der Waals surface area contributed by atoms with Gasteiger partial charge in [-0.05, 0) is 37.5 Å².